The first-order chi connectivity index (χ1) is 10.6. The standard InChI is InChI=1S/C17H23FN2O2.ClH/c18-14-3-1-12(2-4-14)17(22)13-7-9-20(10-8-13)16(21)11-19-15-5-6-15;/h1-4,13,15,17,19,22H,5-11H2;1H. The summed E-state index contributed by atoms with van der Waals surface area (Å²) in [5.41, 5.74) is 0.751. The highest BCUT2D eigenvalue weighted by Crippen LogP contribution is 2.30. The molecule has 2 fully saturated rings. The highest BCUT2D eigenvalue weighted by molar-refractivity contribution is 5.85. The molecule has 0 bridgehead atoms. The highest BCUT2D eigenvalue weighted by atomic mass is 35.5. The van der Waals surface area contributed by atoms with E-state index in [-0.39, 0.29) is 30.0 Å². The van der Waals surface area contributed by atoms with Crippen molar-refractivity contribution in [3.63, 3.8) is 0 Å². The van der Waals surface area contributed by atoms with E-state index in [1.807, 2.05) is 4.90 Å². The van der Waals surface area contributed by atoms with Crippen molar-refractivity contribution >= 4 is 18.3 Å². The number of benzene rings is 1. The van der Waals surface area contributed by atoms with Crippen LogP contribution in [0.15, 0.2) is 24.3 Å². The van der Waals surface area contributed by atoms with Crippen LogP contribution in [0.2, 0.25) is 0 Å². The zero-order chi connectivity index (χ0) is 15.5. The fourth-order valence-electron chi connectivity index (χ4n) is 3.03. The number of rotatable bonds is 5. The molecule has 2 aliphatic rings. The number of nitrogens with zero attached hydrogens (tertiary/aromatic N) is 1. The molecule has 3 rings (SSSR count). The van der Waals surface area contributed by atoms with E-state index < -0.39 is 6.10 Å². The molecule has 6 heteroatoms. The van der Waals surface area contributed by atoms with Gasteiger partial charge < -0.3 is 15.3 Å². The van der Waals surface area contributed by atoms with Crippen molar-refractivity contribution in [1.82, 2.24) is 10.2 Å². The number of amides is 1. The molecular weight excluding hydrogens is 319 g/mol. The van der Waals surface area contributed by atoms with E-state index in [0.717, 1.165) is 18.4 Å². The lowest BCUT2D eigenvalue weighted by molar-refractivity contribution is -0.132. The van der Waals surface area contributed by atoms with Gasteiger partial charge in [-0.1, -0.05) is 12.1 Å². The van der Waals surface area contributed by atoms with Crippen molar-refractivity contribution < 1.29 is 14.3 Å². The molecule has 23 heavy (non-hydrogen) atoms. The summed E-state index contributed by atoms with van der Waals surface area (Å²) in [5.74, 6) is -0.00736. The normalized spacial score (nSPS) is 20.0. The summed E-state index contributed by atoms with van der Waals surface area (Å²) in [6.45, 7) is 1.80. The van der Waals surface area contributed by atoms with Gasteiger partial charge in [0.1, 0.15) is 5.82 Å². The number of aliphatic hydroxyl groups excluding tert-OH is 1. The molecule has 0 aromatic heterocycles. The third kappa shape index (κ3) is 4.90. The number of piperidine rings is 1. The number of hydrogen-bond acceptors (Lipinski definition) is 3. The number of hydrogen-bond donors (Lipinski definition) is 2. The Morgan fingerprint density at radius 2 is 1.83 bits per heavy atom. The lowest BCUT2D eigenvalue weighted by atomic mass is 9.87. The zero-order valence-electron chi connectivity index (χ0n) is 13.1. The van der Waals surface area contributed by atoms with E-state index in [1.54, 1.807) is 12.1 Å². The van der Waals surface area contributed by atoms with Gasteiger partial charge in [0.25, 0.3) is 0 Å². The van der Waals surface area contributed by atoms with Gasteiger partial charge in [-0.25, -0.2) is 4.39 Å². The molecule has 1 aromatic carbocycles. The Hall–Kier alpha value is -1.17. The fourth-order valence-corrected chi connectivity index (χ4v) is 3.03. The second kappa shape index (κ2) is 8.08. The van der Waals surface area contributed by atoms with E-state index in [9.17, 15) is 14.3 Å². The third-order valence-corrected chi connectivity index (χ3v) is 4.67. The minimum atomic E-state index is -0.581. The maximum Gasteiger partial charge on any atom is 0.236 e. The first-order valence-corrected chi connectivity index (χ1v) is 8.08. The van der Waals surface area contributed by atoms with E-state index in [1.165, 1.54) is 25.0 Å². The molecule has 0 spiro atoms. The summed E-state index contributed by atoms with van der Waals surface area (Å²) in [6.07, 6.45) is 3.35. The number of carbonyl (C=O) groups is 1. The molecular formula is C17H24ClFN2O2. The van der Waals surface area contributed by atoms with Crippen LogP contribution in [-0.2, 0) is 4.79 Å². The van der Waals surface area contributed by atoms with Gasteiger partial charge in [-0.15, -0.1) is 12.4 Å². The summed E-state index contributed by atoms with van der Waals surface area (Å²) in [4.78, 5) is 14.0. The Morgan fingerprint density at radius 3 is 2.39 bits per heavy atom. The second-order valence-corrected chi connectivity index (χ2v) is 6.37. The Morgan fingerprint density at radius 1 is 1.22 bits per heavy atom. The third-order valence-electron chi connectivity index (χ3n) is 4.67. The maximum atomic E-state index is 12.9. The van der Waals surface area contributed by atoms with Crippen LogP contribution < -0.4 is 5.32 Å². The molecule has 1 amide bonds. The van der Waals surface area contributed by atoms with Crippen LogP contribution in [0.1, 0.15) is 37.4 Å². The van der Waals surface area contributed by atoms with Crippen molar-refractivity contribution in [1.29, 1.82) is 0 Å². The minimum Gasteiger partial charge on any atom is -0.388 e. The van der Waals surface area contributed by atoms with Gasteiger partial charge >= 0.3 is 0 Å². The number of likely N-dealkylation sites (tertiary alicyclic amines) is 1. The van der Waals surface area contributed by atoms with Gasteiger partial charge in [-0.3, -0.25) is 4.79 Å². The van der Waals surface area contributed by atoms with Crippen LogP contribution in [0.4, 0.5) is 4.39 Å². The largest absolute Gasteiger partial charge is 0.388 e. The van der Waals surface area contributed by atoms with Crippen LogP contribution in [0, 0.1) is 11.7 Å². The van der Waals surface area contributed by atoms with Gasteiger partial charge in [0, 0.05) is 19.1 Å². The second-order valence-electron chi connectivity index (χ2n) is 6.37. The molecule has 1 unspecified atom stereocenters. The Kier molecular flexibility index (Phi) is 6.39. The van der Waals surface area contributed by atoms with Crippen molar-refractivity contribution in [2.24, 2.45) is 5.92 Å². The van der Waals surface area contributed by atoms with E-state index in [4.69, 9.17) is 0 Å². The maximum absolute atomic E-state index is 12.9. The SMILES string of the molecule is Cl.O=C(CNC1CC1)N1CCC(C(O)c2ccc(F)cc2)CC1. The highest BCUT2D eigenvalue weighted by Gasteiger charge is 2.29. The van der Waals surface area contributed by atoms with Crippen molar-refractivity contribution in [2.75, 3.05) is 19.6 Å². The average Bonchev–Trinajstić information content (AvgIpc) is 3.37. The summed E-state index contributed by atoms with van der Waals surface area (Å²) >= 11 is 0. The fraction of sp³-hybridized carbons (Fsp3) is 0.588. The number of aliphatic hydroxyl groups is 1. The summed E-state index contributed by atoms with van der Waals surface area (Å²) in [6, 6.07) is 6.57. The summed E-state index contributed by atoms with van der Waals surface area (Å²) in [5, 5.41) is 13.6. The van der Waals surface area contributed by atoms with Crippen LogP contribution in [-0.4, -0.2) is 41.6 Å². The molecule has 1 saturated heterocycles. The molecule has 1 aliphatic carbocycles. The predicted octanol–water partition coefficient (Wildman–Crippen LogP) is 2.27. The number of nitrogens with one attached hydrogen (secondary N) is 1. The number of carbonyl (C=O) groups excluding carboxylic acids is 1. The monoisotopic (exact) mass is 342 g/mol. The van der Waals surface area contributed by atoms with Gasteiger partial charge in [0.2, 0.25) is 5.91 Å². The lowest BCUT2D eigenvalue weighted by Crippen LogP contribution is -2.44. The van der Waals surface area contributed by atoms with Crippen LogP contribution in [0.3, 0.4) is 0 Å². The van der Waals surface area contributed by atoms with Crippen molar-refractivity contribution in [3.8, 4) is 0 Å². The minimum absolute atomic E-state index is 0. The zero-order valence-corrected chi connectivity index (χ0v) is 13.9. The summed E-state index contributed by atoms with van der Waals surface area (Å²) in [7, 11) is 0. The van der Waals surface area contributed by atoms with Crippen LogP contribution in [0.5, 0.6) is 0 Å². The van der Waals surface area contributed by atoms with Crippen LogP contribution in [0.25, 0.3) is 0 Å². The average molecular weight is 343 g/mol. The number of halogens is 2. The first-order valence-electron chi connectivity index (χ1n) is 8.08. The molecule has 1 saturated carbocycles. The van der Waals surface area contributed by atoms with E-state index in [2.05, 4.69) is 5.32 Å². The van der Waals surface area contributed by atoms with Gasteiger partial charge in [-0.05, 0) is 49.3 Å². The molecule has 1 atom stereocenters. The van der Waals surface area contributed by atoms with Crippen molar-refractivity contribution in [3.05, 3.63) is 35.6 Å². The molecule has 1 heterocycles. The van der Waals surface area contributed by atoms with Crippen LogP contribution >= 0.6 is 12.4 Å². The summed E-state index contributed by atoms with van der Waals surface area (Å²) < 4.78 is 12.9. The van der Waals surface area contributed by atoms with E-state index in [0.29, 0.717) is 25.7 Å². The molecule has 1 aromatic rings. The van der Waals surface area contributed by atoms with Gasteiger partial charge in [-0.2, -0.15) is 0 Å². The molecule has 4 nitrogen and oxygen atoms in total. The lowest BCUT2D eigenvalue weighted by Gasteiger charge is -2.34. The predicted molar refractivity (Wildman–Crippen MR) is 88.9 cm³/mol. The quantitative estimate of drug-likeness (QED) is 0.863. The van der Waals surface area contributed by atoms with Gasteiger partial charge in [0.15, 0.2) is 0 Å². The topological polar surface area (TPSA) is 52.6 Å². The molecule has 1 aliphatic heterocycles. The first kappa shape index (κ1) is 18.2. The molecule has 2 N–H and O–H groups in total. The smallest absolute Gasteiger partial charge is 0.236 e. The van der Waals surface area contributed by atoms with Gasteiger partial charge in [0.05, 0.1) is 12.6 Å². The molecule has 0 radical (unpaired) electrons. The molecule has 128 valence electrons. The van der Waals surface area contributed by atoms with E-state index >= 15 is 0 Å². The van der Waals surface area contributed by atoms with Crippen molar-refractivity contribution in [2.45, 2.75) is 37.8 Å². The Labute approximate surface area is 142 Å². The Bertz CT molecular complexity index is 514. The Balaban J connectivity index is 0.00000192.